The molecule has 0 bridgehead atoms. The number of rotatable bonds is 7. The maximum atomic E-state index is 13.1. The van der Waals surface area contributed by atoms with Crippen LogP contribution in [0.25, 0.3) is 11.0 Å². The number of aromatic nitrogens is 1. The van der Waals surface area contributed by atoms with Gasteiger partial charge in [-0.3, -0.25) is 15.0 Å². The van der Waals surface area contributed by atoms with E-state index in [-0.39, 0.29) is 35.6 Å². The van der Waals surface area contributed by atoms with Crippen molar-refractivity contribution >= 4 is 26.7 Å². The second-order valence-electron chi connectivity index (χ2n) is 7.75. The topological polar surface area (TPSA) is 128 Å². The fourth-order valence-corrected chi connectivity index (χ4v) is 5.88. The minimum atomic E-state index is -3.75. The third-order valence-corrected chi connectivity index (χ3v) is 8.02. The van der Waals surface area contributed by atoms with Gasteiger partial charge >= 0.3 is 0 Å². The summed E-state index contributed by atoms with van der Waals surface area (Å²) in [5, 5.41) is 11.8. The molecule has 1 aliphatic rings. The molecule has 2 N–H and O–H groups in total. The number of ether oxygens (including phenoxy) is 1. The van der Waals surface area contributed by atoms with Crippen molar-refractivity contribution in [3.05, 3.63) is 60.1 Å². The maximum Gasteiger partial charge on any atom is 0.287 e. The van der Waals surface area contributed by atoms with Gasteiger partial charge in [0.15, 0.2) is 21.2 Å². The molecular formula is C22H24N2O7S. The van der Waals surface area contributed by atoms with E-state index in [9.17, 15) is 18.5 Å². The molecule has 0 spiro atoms. The number of furan rings is 1. The Hall–Kier alpha value is -2.79. The Morgan fingerprint density at radius 3 is 2.72 bits per heavy atom. The third-order valence-electron chi connectivity index (χ3n) is 5.80. The molecule has 2 heterocycles. The SMILES string of the molecule is COC1CCC(OO)C(S(=O)(=O)c2ccc(CNC(=O)c3cc4ccncc4o3)cc2)C1. The molecule has 0 aliphatic heterocycles. The number of fused-ring (bicyclic) bond motifs is 1. The molecule has 2 aromatic heterocycles. The molecule has 1 aliphatic carbocycles. The predicted molar refractivity (Wildman–Crippen MR) is 115 cm³/mol. The zero-order chi connectivity index (χ0) is 22.7. The third kappa shape index (κ3) is 4.53. The highest BCUT2D eigenvalue weighted by molar-refractivity contribution is 7.92. The Labute approximate surface area is 185 Å². The van der Waals surface area contributed by atoms with Crippen molar-refractivity contribution < 1.29 is 32.5 Å². The molecule has 1 saturated carbocycles. The van der Waals surface area contributed by atoms with Gasteiger partial charge in [0.05, 0.1) is 22.4 Å². The molecule has 32 heavy (non-hydrogen) atoms. The van der Waals surface area contributed by atoms with Gasteiger partial charge in [-0.2, -0.15) is 0 Å². The van der Waals surface area contributed by atoms with E-state index in [0.717, 1.165) is 10.9 Å². The molecule has 9 nitrogen and oxygen atoms in total. The highest BCUT2D eigenvalue weighted by atomic mass is 32.2. The van der Waals surface area contributed by atoms with Gasteiger partial charge in [-0.05, 0) is 49.1 Å². The summed E-state index contributed by atoms with van der Waals surface area (Å²) in [7, 11) is -2.20. The molecule has 10 heteroatoms. The van der Waals surface area contributed by atoms with Gasteiger partial charge in [0.1, 0.15) is 6.10 Å². The maximum absolute atomic E-state index is 13.1. The Kier molecular flexibility index (Phi) is 6.56. The smallest absolute Gasteiger partial charge is 0.287 e. The molecule has 3 unspecified atom stereocenters. The lowest BCUT2D eigenvalue weighted by atomic mass is 9.94. The van der Waals surface area contributed by atoms with Crippen LogP contribution in [-0.4, -0.2) is 49.1 Å². The van der Waals surface area contributed by atoms with Crippen LogP contribution >= 0.6 is 0 Å². The van der Waals surface area contributed by atoms with Crippen LogP contribution in [0.15, 0.2) is 58.1 Å². The first kappa shape index (κ1) is 22.4. The molecule has 170 valence electrons. The minimum Gasteiger partial charge on any atom is -0.449 e. The number of carbonyl (C=O) groups is 1. The zero-order valence-corrected chi connectivity index (χ0v) is 18.2. The van der Waals surface area contributed by atoms with Crippen LogP contribution in [0.3, 0.4) is 0 Å². The van der Waals surface area contributed by atoms with E-state index in [2.05, 4.69) is 15.2 Å². The van der Waals surface area contributed by atoms with Crippen molar-refractivity contribution in [2.75, 3.05) is 7.11 Å². The van der Waals surface area contributed by atoms with Crippen molar-refractivity contribution in [3.8, 4) is 0 Å². The normalized spacial score (nSPS) is 21.5. The zero-order valence-electron chi connectivity index (χ0n) is 17.4. The molecule has 3 atom stereocenters. The van der Waals surface area contributed by atoms with Gasteiger partial charge in [-0.1, -0.05) is 12.1 Å². The molecule has 1 aromatic carbocycles. The predicted octanol–water partition coefficient (Wildman–Crippen LogP) is 2.96. The van der Waals surface area contributed by atoms with Crippen molar-refractivity contribution in [1.29, 1.82) is 0 Å². The molecule has 1 amide bonds. The summed E-state index contributed by atoms with van der Waals surface area (Å²) < 4.78 is 37.1. The van der Waals surface area contributed by atoms with Crippen LogP contribution in [0.1, 0.15) is 35.4 Å². The first-order chi connectivity index (χ1) is 15.4. The van der Waals surface area contributed by atoms with Crippen molar-refractivity contribution in [2.24, 2.45) is 0 Å². The lowest BCUT2D eigenvalue weighted by Gasteiger charge is -2.33. The average Bonchev–Trinajstić information content (AvgIpc) is 3.27. The van der Waals surface area contributed by atoms with E-state index >= 15 is 0 Å². The van der Waals surface area contributed by atoms with Gasteiger partial charge in [0, 0.05) is 25.2 Å². The Bertz CT molecular complexity index is 1160. The monoisotopic (exact) mass is 460 g/mol. The summed E-state index contributed by atoms with van der Waals surface area (Å²) in [5.41, 5.74) is 1.25. The number of pyridine rings is 1. The summed E-state index contributed by atoms with van der Waals surface area (Å²) in [6, 6.07) is 9.66. The van der Waals surface area contributed by atoms with Crippen LogP contribution in [-0.2, 0) is 26.0 Å². The summed E-state index contributed by atoms with van der Waals surface area (Å²) in [4.78, 5) is 20.9. The number of nitrogens with zero attached hydrogens (tertiary/aromatic N) is 1. The fraction of sp³-hybridized carbons (Fsp3) is 0.364. The lowest BCUT2D eigenvalue weighted by molar-refractivity contribution is -0.285. The molecule has 1 fully saturated rings. The van der Waals surface area contributed by atoms with Crippen molar-refractivity contribution in [2.45, 2.75) is 48.2 Å². The number of carbonyl (C=O) groups excluding carboxylic acids is 1. The highest BCUT2D eigenvalue weighted by Gasteiger charge is 2.41. The number of benzene rings is 1. The van der Waals surface area contributed by atoms with Crippen LogP contribution in [0.4, 0.5) is 0 Å². The first-order valence-corrected chi connectivity index (χ1v) is 11.7. The van der Waals surface area contributed by atoms with Gasteiger partial charge in [0.25, 0.3) is 5.91 Å². The van der Waals surface area contributed by atoms with Crippen LogP contribution in [0, 0.1) is 0 Å². The van der Waals surface area contributed by atoms with Gasteiger partial charge in [-0.25, -0.2) is 13.3 Å². The van der Waals surface area contributed by atoms with Crippen molar-refractivity contribution in [1.82, 2.24) is 10.3 Å². The van der Waals surface area contributed by atoms with Crippen LogP contribution < -0.4 is 5.32 Å². The number of sulfone groups is 1. The van der Waals surface area contributed by atoms with E-state index < -0.39 is 21.2 Å². The number of methoxy groups -OCH3 is 1. The standard InChI is InChI=1S/C22H24N2O7S/c1-29-16-4-7-18(31-26)21(11-16)32(27,28)17-5-2-14(3-6-17)12-24-22(25)19-10-15-8-9-23-13-20(15)30-19/h2-3,5-6,8-10,13,16,18,21,26H,4,7,11-12H2,1H3,(H,24,25). The van der Waals surface area contributed by atoms with Gasteiger partial charge in [-0.15, -0.1) is 0 Å². The second kappa shape index (κ2) is 9.37. The largest absolute Gasteiger partial charge is 0.449 e. The van der Waals surface area contributed by atoms with Crippen LogP contribution in [0.5, 0.6) is 0 Å². The summed E-state index contributed by atoms with van der Waals surface area (Å²) in [5.74, 6) is -0.208. The quantitative estimate of drug-likeness (QED) is 0.407. The van der Waals surface area contributed by atoms with E-state index in [1.807, 2.05) is 0 Å². The van der Waals surface area contributed by atoms with Crippen LogP contribution in [0.2, 0.25) is 0 Å². The van der Waals surface area contributed by atoms with E-state index in [0.29, 0.717) is 18.4 Å². The lowest BCUT2D eigenvalue weighted by Crippen LogP contribution is -2.43. The van der Waals surface area contributed by atoms with E-state index in [1.54, 1.807) is 43.8 Å². The minimum absolute atomic E-state index is 0.126. The molecular weight excluding hydrogens is 436 g/mol. The second-order valence-corrected chi connectivity index (χ2v) is 9.92. The molecule has 0 saturated heterocycles. The number of hydrogen-bond donors (Lipinski definition) is 2. The summed E-state index contributed by atoms with van der Waals surface area (Å²) in [6.45, 7) is 0.200. The molecule has 4 rings (SSSR count). The Balaban J connectivity index is 1.43. The van der Waals surface area contributed by atoms with Crippen molar-refractivity contribution in [3.63, 3.8) is 0 Å². The number of amides is 1. The number of hydrogen-bond acceptors (Lipinski definition) is 8. The summed E-state index contributed by atoms with van der Waals surface area (Å²) in [6.07, 6.45) is 3.41. The Morgan fingerprint density at radius 1 is 1.25 bits per heavy atom. The first-order valence-electron chi connectivity index (χ1n) is 10.2. The fourth-order valence-electron chi connectivity index (χ4n) is 3.96. The molecule has 3 aromatic rings. The highest BCUT2D eigenvalue weighted by Crippen LogP contribution is 2.32. The summed E-state index contributed by atoms with van der Waals surface area (Å²) >= 11 is 0. The van der Waals surface area contributed by atoms with E-state index in [1.165, 1.54) is 12.1 Å². The number of nitrogens with one attached hydrogen (secondary N) is 1. The average molecular weight is 461 g/mol. The van der Waals surface area contributed by atoms with Gasteiger partial charge < -0.3 is 14.5 Å². The van der Waals surface area contributed by atoms with Gasteiger partial charge in [0.2, 0.25) is 0 Å². The van der Waals surface area contributed by atoms with E-state index in [4.69, 9.17) is 9.15 Å². The molecule has 0 radical (unpaired) electrons. The Morgan fingerprint density at radius 2 is 2.03 bits per heavy atom.